The molecule has 0 radical (unpaired) electrons. The van der Waals surface area contributed by atoms with E-state index in [0.29, 0.717) is 5.56 Å². The molecule has 0 N–H and O–H groups in total. The molecule has 0 saturated heterocycles. The summed E-state index contributed by atoms with van der Waals surface area (Å²) in [6.45, 7) is 7.26. The van der Waals surface area contributed by atoms with Crippen molar-refractivity contribution in [3.05, 3.63) is 33.9 Å². The Morgan fingerprint density at radius 3 is 2.26 bits per heavy atom. The van der Waals surface area contributed by atoms with Gasteiger partial charge in [-0.25, -0.2) is 0 Å². The zero-order valence-electron chi connectivity index (χ0n) is 11.7. The van der Waals surface area contributed by atoms with E-state index in [1.165, 1.54) is 19.1 Å². The van der Waals surface area contributed by atoms with Crippen molar-refractivity contribution >= 4 is 17.2 Å². The summed E-state index contributed by atoms with van der Waals surface area (Å²) in [6, 6.07) is 4.51. The van der Waals surface area contributed by atoms with Crippen LogP contribution in [0.2, 0.25) is 0 Å². The van der Waals surface area contributed by atoms with Crippen LogP contribution in [-0.2, 0) is 0 Å². The van der Waals surface area contributed by atoms with E-state index in [1.54, 1.807) is 6.07 Å². The van der Waals surface area contributed by atoms with Crippen molar-refractivity contribution in [1.82, 2.24) is 0 Å². The molecule has 19 heavy (non-hydrogen) atoms. The van der Waals surface area contributed by atoms with Crippen molar-refractivity contribution in [2.75, 3.05) is 18.0 Å². The van der Waals surface area contributed by atoms with Crippen LogP contribution in [0.1, 0.15) is 44.0 Å². The summed E-state index contributed by atoms with van der Waals surface area (Å²) in [5.74, 6) is -0.143. The van der Waals surface area contributed by atoms with Crippen LogP contribution in [0.3, 0.4) is 0 Å². The fourth-order valence-corrected chi connectivity index (χ4v) is 2.09. The summed E-state index contributed by atoms with van der Waals surface area (Å²) in [5, 5.41) is 10.8. The highest BCUT2D eigenvalue weighted by Crippen LogP contribution is 2.26. The number of hydrogen-bond acceptors (Lipinski definition) is 4. The minimum Gasteiger partial charge on any atom is -0.371 e. The maximum Gasteiger partial charge on any atom is 0.270 e. The van der Waals surface area contributed by atoms with Gasteiger partial charge in [-0.1, -0.05) is 13.8 Å². The molecule has 104 valence electrons. The van der Waals surface area contributed by atoms with Crippen molar-refractivity contribution in [3.63, 3.8) is 0 Å². The van der Waals surface area contributed by atoms with E-state index < -0.39 is 4.92 Å². The lowest BCUT2D eigenvalue weighted by molar-refractivity contribution is -0.384. The van der Waals surface area contributed by atoms with Crippen molar-refractivity contribution in [3.8, 4) is 0 Å². The summed E-state index contributed by atoms with van der Waals surface area (Å²) in [5.41, 5.74) is 1.18. The number of Topliss-reactive ketones (excluding diaryl/α,β-unsaturated/α-hetero) is 1. The molecule has 1 aromatic rings. The Bertz CT molecular complexity index is 466. The number of anilines is 1. The van der Waals surface area contributed by atoms with Gasteiger partial charge in [0.25, 0.3) is 5.69 Å². The van der Waals surface area contributed by atoms with Crippen LogP contribution < -0.4 is 4.90 Å². The first-order valence-electron chi connectivity index (χ1n) is 6.55. The summed E-state index contributed by atoms with van der Waals surface area (Å²) in [4.78, 5) is 24.1. The van der Waals surface area contributed by atoms with Gasteiger partial charge in [0.15, 0.2) is 5.78 Å². The van der Waals surface area contributed by atoms with Crippen LogP contribution in [0.5, 0.6) is 0 Å². The average molecular weight is 264 g/mol. The SMILES string of the molecule is CCCN(CCC)c1ccc([N+](=O)[O-])cc1C(C)=O. The second-order valence-corrected chi connectivity index (χ2v) is 4.50. The van der Waals surface area contributed by atoms with Crippen molar-refractivity contribution in [2.45, 2.75) is 33.6 Å². The van der Waals surface area contributed by atoms with Crippen LogP contribution in [0.25, 0.3) is 0 Å². The number of nitro benzene ring substituents is 1. The van der Waals surface area contributed by atoms with E-state index in [0.717, 1.165) is 31.6 Å². The molecule has 0 atom stereocenters. The van der Waals surface area contributed by atoms with Gasteiger partial charge in [-0.3, -0.25) is 14.9 Å². The Balaban J connectivity index is 3.24. The maximum absolute atomic E-state index is 11.7. The number of carbonyl (C=O) groups excluding carboxylic acids is 1. The molecule has 0 aliphatic carbocycles. The molecule has 0 unspecified atom stereocenters. The third kappa shape index (κ3) is 3.77. The fourth-order valence-electron chi connectivity index (χ4n) is 2.09. The minimum absolute atomic E-state index is 0.0399. The topological polar surface area (TPSA) is 63.4 Å². The van der Waals surface area contributed by atoms with E-state index >= 15 is 0 Å². The van der Waals surface area contributed by atoms with Gasteiger partial charge >= 0.3 is 0 Å². The van der Waals surface area contributed by atoms with Gasteiger partial charge in [-0.2, -0.15) is 0 Å². The number of nitro groups is 1. The lowest BCUT2D eigenvalue weighted by Gasteiger charge is -2.25. The predicted octanol–water partition coefficient (Wildman–Crippen LogP) is 3.42. The fraction of sp³-hybridized carbons (Fsp3) is 0.500. The number of benzene rings is 1. The third-order valence-electron chi connectivity index (χ3n) is 2.90. The zero-order valence-corrected chi connectivity index (χ0v) is 11.7. The molecular formula is C14H20N2O3. The van der Waals surface area contributed by atoms with E-state index in [4.69, 9.17) is 0 Å². The Morgan fingerprint density at radius 1 is 1.26 bits per heavy atom. The van der Waals surface area contributed by atoms with Gasteiger partial charge in [0, 0.05) is 36.5 Å². The van der Waals surface area contributed by atoms with Gasteiger partial charge < -0.3 is 4.90 Å². The summed E-state index contributed by atoms with van der Waals surface area (Å²) in [7, 11) is 0. The summed E-state index contributed by atoms with van der Waals surface area (Å²) < 4.78 is 0. The monoisotopic (exact) mass is 264 g/mol. The number of non-ortho nitro benzene ring substituents is 1. The molecule has 0 aromatic heterocycles. The number of nitrogens with zero attached hydrogens (tertiary/aromatic N) is 2. The molecule has 5 nitrogen and oxygen atoms in total. The Kier molecular flexibility index (Phi) is 5.48. The van der Waals surface area contributed by atoms with Crippen LogP contribution in [0.4, 0.5) is 11.4 Å². The highest BCUT2D eigenvalue weighted by Gasteiger charge is 2.17. The van der Waals surface area contributed by atoms with E-state index in [1.807, 2.05) is 0 Å². The van der Waals surface area contributed by atoms with E-state index in [-0.39, 0.29) is 11.5 Å². The van der Waals surface area contributed by atoms with Crippen LogP contribution in [-0.4, -0.2) is 23.8 Å². The zero-order chi connectivity index (χ0) is 14.4. The van der Waals surface area contributed by atoms with Crippen molar-refractivity contribution in [2.24, 2.45) is 0 Å². The molecule has 0 aliphatic heterocycles. The number of carbonyl (C=O) groups is 1. The molecule has 0 spiro atoms. The van der Waals surface area contributed by atoms with Gasteiger partial charge in [-0.05, 0) is 25.8 Å². The molecule has 1 aromatic carbocycles. The number of ketones is 1. The summed E-state index contributed by atoms with van der Waals surface area (Å²) >= 11 is 0. The standard InChI is InChI=1S/C14H20N2O3/c1-4-8-15(9-5-2)14-7-6-12(16(18)19)10-13(14)11(3)17/h6-7,10H,4-5,8-9H2,1-3H3. The molecule has 1 rings (SSSR count). The first-order chi connectivity index (χ1) is 9.01. The van der Waals surface area contributed by atoms with Gasteiger partial charge in [0.05, 0.1) is 4.92 Å². The van der Waals surface area contributed by atoms with E-state index in [2.05, 4.69) is 18.7 Å². The van der Waals surface area contributed by atoms with E-state index in [9.17, 15) is 14.9 Å². The number of rotatable bonds is 7. The first-order valence-corrected chi connectivity index (χ1v) is 6.55. The quantitative estimate of drug-likeness (QED) is 0.430. The number of hydrogen-bond donors (Lipinski definition) is 0. The Hall–Kier alpha value is -1.91. The largest absolute Gasteiger partial charge is 0.371 e. The predicted molar refractivity (Wildman–Crippen MR) is 75.9 cm³/mol. The molecular weight excluding hydrogens is 244 g/mol. The van der Waals surface area contributed by atoms with Crippen LogP contribution >= 0.6 is 0 Å². The first kappa shape index (κ1) is 15.1. The van der Waals surface area contributed by atoms with Gasteiger partial charge in [-0.15, -0.1) is 0 Å². The highest BCUT2D eigenvalue weighted by atomic mass is 16.6. The lowest BCUT2D eigenvalue weighted by Crippen LogP contribution is -2.26. The maximum atomic E-state index is 11.7. The van der Waals surface area contributed by atoms with Gasteiger partial charge in [0.2, 0.25) is 0 Å². The molecule has 0 bridgehead atoms. The van der Waals surface area contributed by atoms with Crippen molar-refractivity contribution in [1.29, 1.82) is 0 Å². The molecule has 0 aliphatic rings. The summed E-state index contributed by atoms with van der Waals surface area (Å²) in [6.07, 6.45) is 1.93. The van der Waals surface area contributed by atoms with Crippen molar-refractivity contribution < 1.29 is 9.72 Å². The third-order valence-corrected chi connectivity index (χ3v) is 2.90. The minimum atomic E-state index is -0.472. The highest BCUT2D eigenvalue weighted by molar-refractivity contribution is 6.00. The van der Waals surface area contributed by atoms with Gasteiger partial charge in [0.1, 0.15) is 0 Å². The lowest BCUT2D eigenvalue weighted by atomic mass is 10.1. The molecule has 0 saturated carbocycles. The smallest absolute Gasteiger partial charge is 0.270 e. The van der Waals surface area contributed by atoms with Crippen LogP contribution in [0, 0.1) is 10.1 Å². The Morgan fingerprint density at radius 2 is 1.84 bits per heavy atom. The average Bonchev–Trinajstić information content (AvgIpc) is 2.37. The molecule has 5 heteroatoms. The second kappa shape index (κ2) is 6.87. The second-order valence-electron chi connectivity index (χ2n) is 4.50. The molecule has 0 fully saturated rings. The molecule has 0 amide bonds. The Labute approximate surface area is 113 Å². The van der Waals surface area contributed by atoms with Crippen LogP contribution in [0.15, 0.2) is 18.2 Å². The normalized spacial score (nSPS) is 10.3. The molecule has 0 heterocycles.